The van der Waals surface area contributed by atoms with Crippen molar-refractivity contribution in [3.63, 3.8) is 0 Å². The first kappa shape index (κ1) is 16.6. The Labute approximate surface area is 141 Å². The highest BCUT2D eigenvalue weighted by atomic mass is 16.5. The van der Waals surface area contributed by atoms with Crippen molar-refractivity contribution < 1.29 is 14.6 Å². The molecule has 1 aromatic carbocycles. The van der Waals surface area contributed by atoms with Gasteiger partial charge in [-0.3, -0.25) is 9.78 Å². The number of hydrogen-bond acceptors (Lipinski definition) is 4. The molecule has 0 saturated heterocycles. The Morgan fingerprint density at radius 1 is 1.33 bits per heavy atom. The number of aliphatic hydroxyl groups is 1. The molecule has 1 aliphatic carbocycles. The molecule has 1 atom stereocenters. The fourth-order valence-corrected chi connectivity index (χ4v) is 3.09. The van der Waals surface area contributed by atoms with Crippen LogP contribution in [0.1, 0.15) is 40.5 Å². The van der Waals surface area contributed by atoms with E-state index in [2.05, 4.69) is 10.3 Å². The molecule has 1 heterocycles. The topological polar surface area (TPSA) is 71.5 Å². The molecule has 0 spiro atoms. The first-order valence-electron chi connectivity index (χ1n) is 8.15. The van der Waals surface area contributed by atoms with Gasteiger partial charge in [0.05, 0.1) is 24.4 Å². The molecule has 24 heavy (non-hydrogen) atoms. The van der Waals surface area contributed by atoms with Crippen molar-refractivity contribution in [2.75, 3.05) is 7.11 Å². The van der Waals surface area contributed by atoms with Crippen molar-refractivity contribution >= 4 is 5.91 Å². The molecule has 2 N–H and O–H groups in total. The van der Waals surface area contributed by atoms with E-state index >= 15 is 0 Å². The van der Waals surface area contributed by atoms with Crippen LogP contribution in [0, 0.1) is 5.92 Å². The second-order valence-electron chi connectivity index (χ2n) is 6.22. The van der Waals surface area contributed by atoms with Crippen LogP contribution in [-0.2, 0) is 11.3 Å². The molecule has 1 amide bonds. The van der Waals surface area contributed by atoms with Crippen LogP contribution in [0.3, 0.4) is 0 Å². The lowest BCUT2D eigenvalue weighted by Crippen LogP contribution is -2.41. The summed E-state index contributed by atoms with van der Waals surface area (Å²) in [6.45, 7) is 0.472. The van der Waals surface area contributed by atoms with E-state index in [1.807, 2.05) is 36.4 Å². The van der Waals surface area contributed by atoms with Crippen LogP contribution >= 0.6 is 0 Å². The van der Waals surface area contributed by atoms with Gasteiger partial charge in [-0.1, -0.05) is 18.2 Å². The Balaban J connectivity index is 1.77. The number of nitrogens with one attached hydrogen (secondary N) is 1. The van der Waals surface area contributed by atoms with Gasteiger partial charge >= 0.3 is 0 Å². The Hall–Kier alpha value is -2.24. The molecule has 2 aromatic rings. The zero-order chi connectivity index (χ0) is 16.9. The predicted octanol–water partition coefficient (Wildman–Crippen LogP) is 2.47. The number of nitrogens with zero attached hydrogens (tertiary/aromatic N) is 1. The minimum atomic E-state index is -0.275. The molecule has 0 unspecified atom stereocenters. The highest BCUT2D eigenvalue weighted by Crippen LogP contribution is 2.37. The van der Waals surface area contributed by atoms with Gasteiger partial charge in [-0.05, 0) is 48.6 Å². The lowest BCUT2D eigenvalue weighted by atomic mass is 9.76. The van der Waals surface area contributed by atoms with Crippen LogP contribution in [0.25, 0.3) is 0 Å². The lowest BCUT2D eigenvalue weighted by Gasteiger charge is -2.37. The van der Waals surface area contributed by atoms with E-state index in [4.69, 9.17) is 4.74 Å². The monoisotopic (exact) mass is 326 g/mol. The number of rotatable bonds is 6. The maximum absolute atomic E-state index is 12.7. The van der Waals surface area contributed by atoms with Gasteiger partial charge in [-0.15, -0.1) is 0 Å². The number of carbonyl (C=O) groups excluding carboxylic acids is 1. The fourth-order valence-electron chi connectivity index (χ4n) is 3.09. The van der Waals surface area contributed by atoms with E-state index in [1.165, 1.54) is 0 Å². The van der Waals surface area contributed by atoms with Crippen LogP contribution in [0.2, 0.25) is 0 Å². The summed E-state index contributed by atoms with van der Waals surface area (Å²) < 4.78 is 5.12. The van der Waals surface area contributed by atoms with Gasteiger partial charge in [0.25, 0.3) is 5.91 Å². The zero-order valence-corrected chi connectivity index (χ0v) is 13.7. The fraction of sp³-hybridized carbons (Fsp3) is 0.368. The highest BCUT2D eigenvalue weighted by Gasteiger charge is 2.36. The number of benzene rings is 1. The van der Waals surface area contributed by atoms with E-state index in [1.54, 1.807) is 19.4 Å². The molecule has 0 radical (unpaired) electrons. The third kappa shape index (κ3) is 3.80. The average molecular weight is 326 g/mol. The summed E-state index contributed by atoms with van der Waals surface area (Å²) in [6, 6.07) is 12.9. The Morgan fingerprint density at radius 3 is 2.83 bits per heavy atom. The molecule has 0 aliphatic heterocycles. The van der Waals surface area contributed by atoms with Crippen LogP contribution in [0.5, 0.6) is 0 Å². The molecule has 1 saturated carbocycles. The smallest absolute Gasteiger partial charge is 0.251 e. The van der Waals surface area contributed by atoms with Crippen LogP contribution in [-0.4, -0.2) is 29.2 Å². The van der Waals surface area contributed by atoms with E-state index in [0.29, 0.717) is 25.0 Å². The van der Waals surface area contributed by atoms with Gasteiger partial charge in [0.15, 0.2) is 0 Å². The van der Waals surface area contributed by atoms with E-state index in [9.17, 15) is 9.90 Å². The number of hydrogen-bond donors (Lipinski definition) is 2. The number of ether oxygens (including phenoxy) is 1. The summed E-state index contributed by atoms with van der Waals surface area (Å²) >= 11 is 0. The van der Waals surface area contributed by atoms with E-state index in [-0.39, 0.29) is 24.0 Å². The van der Waals surface area contributed by atoms with Crippen molar-refractivity contribution in [3.05, 3.63) is 65.5 Å². The Bertz CT molecular complexity index is 684. The maximum atomic E-state index is 12.7. The van der Waals surface area contributed by atoms with Crippen molar-refractivity contribution in [1.29, 1.82) is 0 Å². The number of carbonyl (C=O) groups is 1. The van der Waals surface area contributed by atoms with Crippen molar-refractivity contribution in [1.82, 2.24) is 10.3 Å². The molecule has 1 aliphatic rings. The SMILES string of the molecule is COCc1cccc(C(=O)N[C@H](c2ccccn2)C2CC(O)C2)c1. The largest absolute Gasteiger partial charge is 0.393 e. The molecule has 5 nitrogen and oxygen atoms in total. The predicted molar refractivity (Wildman–Crippen MR) is 90.3 cm³/mol. The van der Waals surface area contributed by atoms with E-state index < -0.39 is 0 Å². The molecule has 5 heteroatoms. The second kappa shape index (κ2) is 7.55. The van der Waals surface area contributed by atoms with Gasteiger partial charge in [0, 0.05) is 18.9 Å². The molecule has 1 aromatic heterocycles. The van der Waals surface area contributed by atoms with Crippen molar-refractivity contribution in [3.8, 4) is 0 Å². The number of pyridine rings is 1. The van der Waals surface area contributed by atoms with Gasteiger partial charge in [0.2, 0.25) is 0 Å². The molecule has 126 valence electrons. The zero-order valence-electron chi connectivity index (χ0n) is 13.7. The summed E-state index contributed by atoms with van der Waals surface area (Å²) in [5.41, 5.74) is 2.39. The minimum absolute atomic E-state index is 0.134. The second-order valence-corrected chi connectivity index (χ2v) is 6.22. The van der Waals surface area contributed by atoms with Crippen molar-refractivity contribution in [2.45, 2.75) is 31.6 Å². The average Bonchev–Trinajstić information content (AvgIpc) is 2.58. The molecule has 1 fully saturated rings. The Morgan fingerprint density at radius 2 is 2.17 bits per heavy atom. The molecular weight excluding hydrogens is 304 g/mol. The molecular formula is C19H22N2O3. The summed E-state index contributed by atoms with van der Waals surface area (Å²) in [5, 5.41) is 12.7. The van der Waals surface area contributed by atoms with Gasteiger partial charge in [-0.2, -0.15) is 0 Å². The number of aromatic nitrogens is 1. The van der Waals surface area contributed by atoms with E-state index in [0.717, 1.165) is 11.3 Å². The third-order valence-electron chi connectivity index (χ3n) is 4.41. The summed E-state index contributed by atoms with van der Waals surface area (Å²) in [5.74, 6) is 0.0750. The minimum Gasteiger partial charge on any atom is -0.393 e. The summed E-state index contributed by atoms with van der Waals surface area (Å²) in [7, 11) is 1.63. The standard InChI is InChI=1S/C19H22N2O3/c1-24-12-13-5-4-6-14(9-13)19(23)21-18(15-10-16(22)11-15)17-7-2-3-8-20-17/h2-9,15-16,18,22H,10-12H2,1H3,(H,21,23)/t15?,16?,18-/m0/s1. The van der Waals surface area contributed by atoms with Crippen LogP contribution in [0.4, 0.5) is 0 Å². The Kier molecular flexibility index (Phi) is 5.23. The summed E-state index contributed by atoms with van der Waals surface area (Å²) in [6.07, 6.45) is 2.82. The quantitative estimate of drug-likeness (QED) is 0.855. The molecule has 3 rings (SSSR count). The lowest BCUT2D eigenvalue weighted by molar-refractivity contribution is 0.0228. The van der Waals surface area contributed by atoms with Gasteiger partial charge in [-0.25, -0.2) is 0 Å². The third-order valence-corrected chi connectivity index (χ3v) is 4.41. The first-order chi connectivity index (χ1) is 11.7. The van der Waals surface area contributed by atoms with Gasteiger partial charge < -0.3 is 15.2 Å². The first-order valence-corrected chi connectivity index (χ1v) is 8.15. The van der Waals surface area contributed by atoms with Crippen LogP contribution < -0.4 is 5.32 Å². The highest BCUT2D eigenvalue weighted by molar-refractivity contribution is 5.94. The number of amides is 1. The van der Waals surface area contributed by atoms with Gasteiger partial charge in [0.1, 0.15) is 0 Å². The molecule has 0 bridgehead atoms. The summed E-state index contributed by atoms with van der Waals surface area (Å²) in [4.78, 5) is 17.1. The van der Waals surface area contributed by atoms with Crippen molar-refractivity contribution in [2.24, 2.45) is 5.92 Å². The number of methoxy groups -OCH3 is 1. The maximum Gasteiger partial charge on any atom is 0.251 e. The number of aliphatic hydroxyl groups excluding tert-OH is 1. The van der Waals surface area contributed by atoms with Crippen LogP contribution in [0.15, 0.2) is 48.7 Å². The normalized spacial score (nSPS) is 20.9.